The number of para-hydroxylation sites is 2. The fraction of sp³-hybridized carbons (Fsp3) is 0.600. The molecule has 0 spiro atoms. The molecule has 1 N–H and O–H groups in total. The number of rotatable bonds is 6. The summed E-state index contributed by atoms with van der Waals surface area (Å²) >= 11 is 0. The van der Waals surface area contributed by atoms with Gasteiger partial charge in [0.25, 0.3) is 0 Å². The van der Waals surface area contributed by atoms with Crippen LogP contribution in [0.15, 0.2) is 24.3 Å². The second kappa shape index (κ2) is 7.36. The highest BCUT2D eigenvalue weighted by molar-refractivity contribution is 5.39. The minimum absolute atomic E-state index is 0.0962. The summed E-state index contributed by atoms with van der Waals surface area (Å²) in [5.74, 6) is 1.59. The van der Waals surface area contributed by atoms with Crippen molar-refractivity contribution in [2.24, 2.45) is 0 Å². The van der Waals surface area contributed by atoms with E-state index >= 15 is 0 Å². The lowest BCUT2D eigenvalue weighted by molar-refractivity contribution is 0.0799. The van der Waals surface area contributed by atoms with Gasteiger partial charge in [0.1, 0.15) is 0 Å². The van der Waals surface area contributed by atoms with Gasteiger partial charge in [-0.2, -0.15) is 0 Å². The third kappa shape index (κ3) is 4.40. The standard InChI is InChI=1S/C15H23NO3/c1-18-14-5-2-3-6-15(14)19-12-4-9-16-10-7-13(17)8-11-16/h2-3,5-6,13,17H,4,7-12H2,1H3. The molecule has 1 heterocycles. The Morgan fingerprint density at radius 3 is 2.58 bits per heavy atom. The number of aliphatic hydroxyl groups excluding tert-OH is 1. The third-order valence-electron chi connectivity index (χ3n) is 3.50. The van der Waals surface area contributed by atoms with Crippen LogP contribution in [0.4, 0.5) is 0 Å². The lowest BCUT2D eigenvalue weighted by Gasteiger charge is -2.29. The summed E-state index contributed by atoms with van der Waals surface area (Å²) < 4.78 is 11.0. The van der Waals surface area contributed by atoms with Crippen LogP contribution < -0.4 is 9.47 Å². The van der Waals surface area contributed by atoms with Crippen molar-refractivity contribution in [1.82, 2.24) is 4.90 Å². The van der Waals surface area contributed by atoms with Gasteiger partial charge in [-0.25, -0.2) is 0 Å². The average Bonchev–Trinajstić information content (AvgIpc) is 2.46. The Morgan fingerprint density at radius 2 is 1.89 bits per heavy atom. The summed E-state index contributed by atoms with van der Waals surface area (Å²) in [5, 5.41) is 9.44. The zero-order valence-electron chi connectivity index (χ0n) is 11.5. The normalized spacial score (nSPS) is 17.4. The topological polar surface area (TPSA) is 41.9 Å². The highest BCUT2D eigenvalue weighted by Gasteiger charge is 2.16. The number of hydrogen-bond donors (Lipinski definition) is 1. The molecule has 1 aliphatic rings. The molecule has 2 rings (SSSR count). The second-order valence-corrected chi connectivity index (χ2v) is 4.93. The van der Waals surface area contributed by atoms with Crippen LogP contribution in [0.2, 0.25) is 0 Å². The van der Waals surface area contributed by atoms with Gasteiger partial charge in [0.2, 0.25) is 0 Å². The lowest BCUT2D eigenvalue weighted by atomic mass is 10.1. The number of methoxy groups -OCH3 is 1. The molecule has 106 valence electrons. The molecule has 19 heavy (non-hydrogen) atoms. The Balaban J connectivity index is 1.66. The molecule has 4 nitrogen and oxygen atoms in total. The smallest absolute Gasteiger partial charge is 0.161 e. The zero-order chi connectivity index (χ0) is 13.5. The predicted molar refractivity (Wildman–Crippen MR) is 74.8 cm³/mol. The minimum atomic E-state index is -0.0962. The van der Waals surface area contributed by atoms with Crippen LogP contribution in [0.25, 0.3) is 0 Å². The van der Waals surface area contributed by atoms with Gasteiger partial charge in [-0.3, -0.25) is 0 Å². The Labute approximate surface area is 114 Å². The van der Waals surface area contributed by atoms with Crippen LogP contribution in [0, 0.1) is 0 Å². The highest BCUT2D eigenvalue weighted by Crippen LogP contribution is 2.25. The first-order valence-electron chi connectivity index (χ1n) is 6.96. The van der Waals surface area contributed by atoms with Crippen molar-refractivity contribution in [2.75, 3.05) is 33.4 Å². The fourth-order valence-corrected chi connectivity index (χ4v) is 2.35. The maximum Gasteiger partial charge on any atom is 0.161 e. The Morgan fingerprint density at radius 1 is 1.21 bits per heavy atom. The summed E-state index contributed by atoms with van der Waals surface area (Å²) in [7, 11) is 1.65. The molecule has 0 aromatic heterocycles. The van der Waals surface area contributed by atoms with E-state index in [2.05, 4.69) is 4.90 Å². The first kappa shape index (κ1) is 14.2. The number of ether oxygens (including phenoxy) is 2. The first-order valence-corrected chi connectivity index (χ1v) is 6.96. The zero-order valence-corrected chi connectivity index (χ0v) is 11.5. The molecule has 4 heteroatoms. The number of aliphatic hydroxyl groups is 1. The molecule has 0 saturated carbocycles. The molecule has 1 aromatic carbocycles. The lowest BCUT2D eigenvalue weighted by Crippen LogP contribution is -2.36. The van der Waals surface area contributed by atoms with E-state index in [0.29, 0.717) is 6.61 Å². The SMILES string of the molecule is COc1ccccc1OCCCN1CCC(O)CC1. The van der Waals surface area contributed by atoms with Crippen LogP contribution in [-0.2, 0) is 0 Å². The molecule has 0 amide bonds. The van der Waals surface area contributed by atoms with E-state index < -0.39 is 0 Å². The van der Waals surface area contributed by atoms with Crippen LogP contribution in [0.5, 0.6) is 11.5 Å². The molecular formula is C15H23NO3. The molecule has 1 saturated heterocycles. The van der Waals surface area contributed by atoms with Crippen molar-refractivity contribution < 1.29 is 14.6 Å². The van der Waals surface area contributed by atoms with Gasteiger partial charge in [-0.1, -0.05) is 12.1 Å². The van der Waals surface area contributed by atoms with Gasteiger partial charge in [0, 0.05) is 19.6 Å². The number of piperidine rings is 1. The Bertz CT molecular complexity index is 375. The van der Waals surface area contributed by atoms with Crippen molar-refractivity contribution in [3.63, 3.8) is 0 Å². The largest absolute Gasteiger partial charge is 0.493 e. The van der Waals surface area contributed by atoms with Crippen molar-refractivity contribution in [1.29, 1.82) is 0 Å². The van der Waals surface area contributed by atoms with Crippen molar-refractivity contribution in [2.45, 2.75) is 25.4 Å². The van der Waals surface area contributed by atoms with E-state index in [-0.39, 0.29) is 6.10 Å². The van der Waals surface area contributed by atoms with E-state index in [0.717, 1.165) is 50.4 Å². The molecule has 0 bridgehead atoms. The molecular weight excluding hydrogens is 242 g/mol. The van der Waals surface area contributed by atoms with Crippen LogP contribution in [-0.4, -0.2) is 49.5 Å². The number of hydrogen-bond acceptors (Lipinski definition) is 4. The Kier molecular flexibility index (Phi) is 5.48. The highest BCUT2D eigenvalue weighted by atomic mass is 16.5. The quantitative estimate of drug-likeness (QED) is 0.798. The van der Waals surface area contributed by atoms with Crippen molar-refractivity contribution in [3.05, 3.63) is 24.3 Å². The van der Waals surface area contributed by atoms with E-state index in [9.17, 15) is 5.11 Å². The van der Waals surface area contributed by atoms with Gasteiger partial charge in [0.15, 0.2) is 11.5 Å². The van der Waals surface area contributed by atoms with Crippen LogP contribution in [0.1, 0.15) is 19.3 Å². The fourth-order valence-electron chi connectivity index (χ4n) is 2.35. The van der Waals surface area contributed by atoms with Gasteiger partial charge in [-0.15, -0.1) is 0 Å². The molecule has 1 fully saturated rings. The Hall–Kier alpha value is -1.26. The molecule has 1 aliphatic heterocycles. The average molecular weight is 265 g/mol. The second-order valence-electron chi connectivity index (χ2n) is 4.93. The summed E-state index contributed by atoms with van der Waals surface area (Å²) in [6.45, 7) is 3.72. The number of likely N-dealkylation sites (tertiary alicyclic amines) is 1. The van der Waals surface area contributed by atoms with E-state index in [1.54, 1.807) is 7.11 Å². The maximum atomic E-state index is 9.44. The first-order chi connectivity index (χ1) is 9.29. The van der Waals surface area contributed by atoms with Crippen LogP contribution >= 0.6 is 0 Å². The number of benzene rings is 1. The predicted octanol–water partition coefficient (Wildman–Crippen LogP) is 1.92. The summed E-state index contributed by atoms with van der Waals surface area (Å²) in [6.07, 6.45) is 2.69. The molecule has 0 unspecified atom stereocenters. The number of nitrogens with zero attached hydrogens (tertiary/aromatic N) is 1. The molecule has 0 atom stereocenters. The van der Waals surface area contributed by atoms with Gasteiger partial charge in [-0.05, 0) is 31.4 Å². The summed E-state index contributed by atoms with van der Waals surface area (Å²) in [4.78, 5) is 2.39. The van der Waals surface area contributed by atoms with Gasteiger partial charge >= 0.3 is 0 Å². The maximum absolute atomic E-state index is 9.44. The monoisotopic (exact) mass is 265 g/mol. The van der Waals surface area contributed by atoms with Crippen molar-refractivity contribution in [3.8, 4) is 11.5 Å². The van der Waals surface area contributed by atoms with Crippen molar-refractivity contribution >= 4 is 0 Å². The molecule has 1 aromatic rings. The molecule has 0 aliphatic carbocycles. The molecule has 0 radical (unpaired) electrons. The van der Waals surface area contributed by atoms with E-state index in [1.807, 2.05) is 24.3 Å². The minimum Gasteiger partial charge on any atom is -0.493 e. The summed E-state index contributed by atoms with van der Waals surface area (Å²) in [6, 6.07) is 7.71. The van der Waals surface area contributed by atoms with Crippen LogP contribution in [0.3, 0.4) is 0 Å². The third-order valence-corrected chi connectivity index (χ3v) is 3.50. The van der Waals surface area contributed by atoms with E-state index in [4.69, 9.17) is 9.47 Å². The van der Waals surface area contributed by atoms with Gasteiger partial charge in [0.05, 0.1) is 19.8 Å². The van der Waals surface area contributed by atoms with E-state index in [1.165, 1.54) is 0 Å². The van der Waals surface area contributed by atoms with Gasteiger partial charge < -0.3 is 19.5 Å². The summed E-state index contributed by atoms with van der Waals surface area (Å²) in [5.41, 5.74) is 0.